The molecule has 0 bridgehead atoms. The lowest BCUT2D eigenvalue weighted by atomic mass is 10.1. The number of aromatic nitrogens is 1. The lowest BCUT2D eigenvalue weighted by molar-refractivity contribution is 0.154. The molecule has 1 aromatic carbocycles. The van der Waals surface area contributed by atoms with Gasteiger partial charge in [0.1, 0.15) is 0 Å². The molecule has 3 nitrogen and oxygen atoms in total. The van der Waals surface area contributed by atoms with Crippen LogP contribution in [-0.4, -0.2) is 29.3 Å². The van der Waals surface area contributed by atoms with E-state index in [1.807, 2.05) is 30.5 Å². The zero-order chi connectivity index (χ0) is 11.7. The highest BCUT2D eigenvalue weighted by Crippen LogP contribution is 2.27. The maximum Gasteiger partial charge on any atom is 0.0722 e. The molecule has 1 aromatic heterocycles. The lowest BCUT2D eigenvalue weighted by Gasteiger charge is -2.32. The Bertz CT molecular complexity index is 521. The van der Waals surface area contributed by atoms with Crippen LogP contribution in [0.2, 0.25) is 0 Å². The van der Waals surface area contributed by atoms with Gasteiger partial charge in [-0.15, -0.1) is 0 Å². The molecule has 0 radical (unpaired) electrons. The number of aliphatic hydroxyl groups excluding tert-OH is 1. The molecule has 3 rings (SSSR count). The van der Waals surface area contributed by atoms with Crippen molar-refractivity contribution < 1.29 is 5.11 Å². The van der Waals surface area contributed by atoms with Gasteiger partial charge < -0.3 is 10.0 Å². The van der Waals surface area contributed by atoms with Crippen LogP contribution in [0.15, 0.2) is 36.5 Å². The number of fused-ring (bicyclic) bond motifs is 1. The number of benzene rings is 1. The van der Waals surface area contributed by atoms with Gasteiger partial charge >= 0.3 is 0 Å². The largest absolute Gasteiger partial charge is 0.391 e. The first kappa shape index (κ1) is 10.5. The molecule has 0 amide bonds. The summed E-state index contributed by atoms with van der Waals surface area (Å²) in [6.45, 7) is 1.75. The van der Waals surface area contributed by atoms with Crippen LogP contribution in [0.4, 0.5) is 5.69 Å². The molecular formula is C14H16N2O. The second kappa shape index (κ2) is 4.34. The molecular weight excluding hydrogens is 212 g/mol. The Balaban J connectivity index is 2.04. The van der Waals surface area contributed by atoms with Gasteiger partial charge in [-0.1, -0.05) is 18.2 Å². The van der Waals surface area contributed by atoms with Crippen molar-refractivity contribution in [3.63, 3.8) is 0 Å². The van der Waals surface area contributed by atoms with Crippen molar-refractivity contribution in [3.05, 3.63) is 36.5 Å². The van der Waals surface area contributed by atoms with E-state index in [1.54, 1.807) is 0 Å². The molecule has 0 saturated carbocycles. The van der Waals surface area contributed by atoms with Crippen LogP contribution in [-0.2, 0) is 0 Å². The normalized spacial score (nSPS) is 20.8. The fraction of sp³-hybridized carbons (Fsp3) is 0.357. The molecule has 1 aliphatic heterocycles. The SMILES string of the molecule is O[C@H]1CCCN(c2ccnc3ccccc23)C1. The van der Waals surface area contributed by atoms with E-state index in [9.17, 15) is 5.11 Å². The first-order chi connectivity index (χ1) is 8.34. The smallest absolute Gasteiger partial charge is 0.0722 e. The van der Waals surface area contributed by atoms with Crippen LogP contribution in [0, 0.1) is 0 Å². The van der Waals surface area contributed by atoms with Crippen molar-refractivity contribution in [3.8, 4) is 0 Å². The Kier molecular flexibility index (Phi) is 2.69. The number of aliphatic hydroxyl groups is 1. The van der Waals surface area contributed by atoms with Crippen LogP contribution < -0.4 is 4.90 Å². The molecule has 0 aliphatic carbocycles. The van der Waals surface area contributed by atoms with Crippen LogP contribution in [0.3, 0.4) is 0 Å². The van der Waals surface area contributed by atoms with E-state index in [1.165, 1.54) is 11.1 Å². The zero-order valence-electron chi connectivity index (χ0n) is 9.71. The van der Waals surface area contributed by atoms with Crippen molar-refractivity contribution >= 4 is 16.6 Å². The van der Waals surface area contributed by atoms with Gasteiger partial charge in [0.05, 0.1) is 11.6 Å². The average molecular weight is 228 g/mol. The van der Waals surface area contributed by atoms with Crippen molar-refractivity contribution in [2.75, 3.05) is 18.0 Å². The van der Waals surface area contributed by atoms with Gasteiger partial charge in [-0.05, 0) is 25.0 Å². The monoisotopic (exact) mass is 228 g/mol. The third-order valence-corrected chi connectivity index (χ3v) is 3.36. The summed E-state index contributed by atoms with van der Waals surface area (Å²) in [6, 6.07) is 10.2. The quantitative estimate of drug-likeness (QED) is 0.813. The fourth-order valence-corrected chi connectivity index (χ4v) is 2.53. The topological polar surface area (TPSA) is 36.4 Å². The van der Waals surface area contributed by atoms with Crippen LogP contribution in [0.25, 0.3) is 10.9 Å². The molecule has 2 heterocycles. The Morgan fingerprint density at radius 1 is 1.24 bits per heavy atom. The Morgan fingerprint density at radius 3 is 3.00 bits per heavy atom. The van der Waals surface area contributed by atoms with Crippen molar-refractivity contribution in [2.24, 2.45) is 0 Å². The molecule has 2 aromatic rings. The summed E-state index contributed by atoms with van der Waals surface area (Å²) in [5.74, 6) is 0. The average Bonchev–Trinajstić information content (AvgIpc) is 2.38. The number of hydrogen-bond donors (Lipinski definition) is 1. The van der Waals surface area contributed by atoms with Gasteiger partial charge in [-0.3, -0.25) is 4.98 Å². The van der Waals surface area contributed by atoms with Crippen LogP contribution in [0.5, 0.6) is 0 Å². The minimum atomic E-state index is -0.198. The van der Waals surface area contributed by atoms with Crippen LogP contribution in [0.1, 0.15) is 12.8 Å². The van der Waals surface area contributed by atoms with E-state index < -0.39 is 0 Å². The lowest BCUT2D eigenvalue weighted by Crippen LogP contribution is -2.38. The number of anilines is 1. The van der Waals surface area contributed by atoms with E-state index in [-0.39, 0.29) is 6.10 Å². The molecule has 0 unspecified atom stereocenters. The van der Waals surface area contributed by atoms with Gasteiger partial charge in [0.2, 0.25) is 0 Å². The minimum absolute atomic E-state index is 0.198. The number of para-hydroxylation sites is 1. The molecule has 17 heavy (non-hydrogen) atoms. The molecule has 1 fully saturated rings. The number of nitrogens with zero attached hydrogens (tertiary/aromatic N) is 2. The molecule has 0 spiro atoms. The highest BCUT2D eigenvalue weighted by molar-refractivity contribution is 5.91. The van der Waals surface area contributed by atoms with E-state index in [4.69, 9.17) is 0 Å². The third-order valence-electron chi connectivity index (χ3n) is 3.36. The number of hydrogen-bond acceptors (Lipinski definition) is 3. The number of rotatable bonds is 1. The van der Waals surface area contributed by atoms with E-state index >= 15 is 0 Å². The first-order valence-corrected chi connectivity index (χ1v) is 6.11. The Labute approximate surface area is 101 Å². The number of β-amino-alcohol motifs (C(OH)–C–C–N with tert-alkyl or cyclic N) is 1. The second-order valence-electron chi connectivity index (χ2n) is 4.59. The predicted octanol–water partition coefficient (Wildman–Crippen LogP) is 2.20. The highest BCUT2D eigenvalue weighted by atomic mass is 16.3. The molecule has 1 atom stereocenters. The fourth-order valence-electron chi connectivity index (χ4n) is 2.53. The maximum absolute atomic E-state index is 9.76. The summed E-state index contributed by atoms with van der Waals surface area (Å²) < 4.78 is 0. The standard InChI is InChI=1S/C14H16N2O/c17-11-4-3-9-16(10-11)14-7-8-15-13-6-2-1-5-12(13)14/h1-2,5-8,11,17H,3-4,9-10H2/t11-/m0/s1. The Hall–Kier alpha value is -1.61. The molecule has 1 N–H and O–H groups in total. The first-order valence-electron chi connectivity index (χ1n) is 6.11. The van der Waals surface area contributed by atoms with E-state index in [0.29, 0.717) is 0 Å². The summed E-state index contributed by atoms with van der Waals surface area (Å²) in [7, 11) is 0. The van der Waals surface area contributed by atoms with Crippen LogP contribution >= 0.6 is 0 Å². The minimum Gasteiger partial charge on any atom is -0.391 e. The summed E-state index contributed by atoms with van der Waals surface area (Å²) in [4.78, 5) is 6.63. The van der Waals surface area contributed by atoms with E-state index in [2.05, 4.69) is 16.0 Å². The summed E-state index contributed by atoms with van der Waals surface area (Å²) >= 11 is 0. The molecule has 1 aliphatic rings. The van der Waals surface area contributed by atoms with Gasteiger partial charge in [0.15, 0.2) is 0 Å². The van der Waals surface area contributed by atoms with E-state index in [0.717, 1.165) is 31.4 Å². The summed E-state index contributed by atoms with van der Waals surface area (Å²) in [5, 5.41) is 10.9. The second-order valence-corrected chi connectivity index (χ2v) is 4.59. The summed E-state index contributed by atoms with van der Waals surface area (Å²) in [5.41, 5.74) is 2.21. The molecule has 3 heteroatoms. The molecule has 88 valence electrons. The van der Waals surface area contributed by atoms with Gasteiger partial charge in [-0.2, -0.15) is 0 Å². The van der Waals surface area contributed by atoms with Crippen molar-refractivity contribution in [1.29, 1.82) is 0 Å². The van der Waals surface area contributed by atoms with Crippen molar-refractivity contribution in [2.45, 2.75) is 18.9 Å². The van der Waals surface area contributed by atoms with Crippen molar-refractivity contribution in [1.82, 2.24) is 4.98 Å². The number of pyridine rings is 1. The highest BCUT2D eigenvalue weighted by Gasteiger charge is 2.19. The van der Waals surface area contributed by atoms with Gasteiger partial charge in [0, 0.05) is 30.4 Å². The summed E-state index contributed by atoms with van der Waals surface area (Å²) in [6.07, 6.45) is 3.62. The zero-order valence-corrected chi connectivity index (χ0v) is 9.71. The Morgan fingerprint density at radius 2 is 2.12 bits per heavy atom. The molecule has 1 saturated heterocycles. The predicted molar refractivity (Wildman–Crippen MR) is 69.2 cm³/mol. The van der Waals surface area contributed by atoms with Gasteiger partial charge in [-0.25, -0.2) is 0 Å². The maximum atomic E-state index is 9.76. The third kappa shape index (κ3) is 1.98. The van der Waals surface area contributed by atoms with Gasteiger partial charge in [0.25, 0.3) is 0 Å². The number of piperidine rings is 1.